The molecule has 0 spiro atoms. The molecule has 5 nitrogen and oxygen atoms in total. The van der Waals surface area contributed by atoms with Crippen LogP contribution in [0.2, 0.25) is 5.02 Å². The van der Waals surface area contributed by atoms with Gasteiger partial charge >= 0.3 is 0 Å². The van der Waals surface area contributed by atoms with Crippen molar-refractivity contribution >= 4 is 45.5 Å². The van der Waals surface area contributed by atoms with Gasteiger partial charge in [0.1, 0.15) is 5.92 Å². The van der Waals surface area contributed by atoms with Gasteiger partial charge in [-0.25, -0.2) is 4.98 Å². The van der Waals surface area contributed by atoms with Crippen LogP contribution < -0.4 is 4.90 Å². The third kappa shape index (κ3) is 3.07. The summed E-state index contributed by atoms with van der Waals surface area (Å²) in [5, 5.41) is 2.64. The number of hydrogen-bond acceptors (Lipinski definition) is 5. The first-order valence-corrected chi connectivity index (χ1v) is 9.45. The maximum absolute atomic E-state index is 13.1. The summed E-state index contributed by atoms with van der Waals surface area (Å²) in [7, 11) is 0. The van der Waals surface area contributed by atoms with Crippen LogP contribution in [0.3, 0.4) is 0 Å². The summed E-state index contributed by atoms with van der Waals surface area (Å²) in [6.45, 7) is 0. The maximum atomic E-state index is 13.1. The largest absolute Gasteiger partial charge is 0.297 e. The van der Waals surface area contributed by atoms with Crippen molar-refractivity contribution in [2.45, 2.75) is 6.04 Å². The number of hydrogen-bond donors (Lipinski definition) is 0. The van der Waals surface area contributed by atoms with E-state index in [-0.39, 0.29) is 5.78 Å². The summed E-state index contributed by atoms with van der Waals surface area (Å²) < 4.78 is 0. The van der Waals surface area contributed by atoms with Gasteiger partial charge in [0, 0.05) is 22.2 Å². The van der Waals surface area contributed by atoms with E-state index in [0.717, 1.165) is 0 Å². The van der Waals surface area contributed by atoms with E-state index in [0.29, 0.717) is 21.3 Å². The van der Waals surface area contributed by atoms with E-state index in [4.69, 9.17) is 11.6 Å². The fraction of sp³-hybridized carbons (Fsp3) is 0.100. The lowest BCUT2D eigenvalue weighted by molar-refractivity contribution is -0.135. The Kier molecular flexibility index (Phi) is 4.59. The third-order valence-electron chi connectivity index (χ3n) is 4.48. The van der Waals surface area contributed by atoms with Crippen LogP contribution in [-0.2, 0) is 9.59 Å². The Bertz CT molecular complexity index is 1000. The average molecular weight is 397 g/mol. The van der Waals surface area contributed by atoms with Crippen molar-refractivity contribution in [3.05, 3.63) is 82.3 Å². The summed E-state index contributed by atoms with van der Waals surface area (Å²) in [6, 6.07) is 14.6. The van der Waals surface area contributed by atoms with Crippen molar-refractivity contribution in [2.24, 2.45) is 5.92 Å². The number of halogens is 1. The van der Waals surface area contributed by atoms with Gasteiger partial charge in [0.2, 0.25) is 5.78 Å². The van der Waals surface area contributed by atoms with Gasteiger partial charge in [-0.05, 0) is 17.7 Å². The molecule has 1 fully saturated rings. The van der Waals surface area contributed by atoms with Crippen molar-refractivity contribution in [3.8, 4) is 0 Å². The smallest absolute Gasteiger partial charge is 0.293 e. The molecule has 2 unspecified atom stereocenters. The van der Waals surface area contributed by atoms with Crippen molar-refractivity contribution in [1.82, 2.24) is 4.98 Å². The quantitative estimate of drug-likeness (QED) is 0.380. The standard InChI is InChI=1S/C20H13ClN2O3S/c21-14-8-6-12(7-9-14)16-15(17(24)13-4-2-1-3-5-13)18(25)19(26)23(16)20-22-10-11-27-20/h1-11,15-16H. The summed E-state index contributed by atoms with van der Waals surface area (Å²) in [6.07, 6.45) is 1.56. The number of amides is 1. The lowest BCUT2D eigenvalue weighted by Gasteiger charge is -2.25. The predicted molar refractivity (Wildman–Crippen MR) is 103 cm³/mol. The van der Waals surface area contributed by atoms with Crippen LogP contribution in [0.1, 0.15) is 22.0 Å². The summed E-state index contributed by atoms with van der Waals surface area (Å²) in [4.78, 5) is 44.2. The molecule has 2 atom stereocenters. The van der Waals surface area contributed by atoms with Crippen LogP contribution in [0.5, 0.6) is 0 Å². The number of carbonyl (C=O) groups is 3. The number of benzene rings is 2. The van der Waals surface area contributed by atoms with Crippen LogP contribution in [0, 0.1) is 5.92 Å². The molecule has 1 saturated heterocycles. The Morgan fingerprint density at radius 3 is 2.37 bits per heavy atom. The molecule has 0 bridgehead atoms. The highest BCUT2D eigenvalue weighted by Crippen LogP contribution is 2.41. The number of Topliss-reactive ketones (excluding diaryl/α,β-unsaturated/α-hetero) is 2. The first kappa shape index (κ1) is 17.6. The van der Waals surface area contributed by atoms with Crippen molar-refractivity contribution < 1.29 is 14.4 Å². The van der Waals surface area contributed by atoms with Crippen molar-refractivity contribution in [2.75, 3.05) is 4.90 Å². The molecule has 1 aliphatic rings. The molecule has 1 amide bonds. The Hall–Kier alpha value is -2.83. The molecule has 2 heterocycles. The molecule has 0 radical (unpaired) electrons. The molecule has 134 valence electrons. The topological polar surface area (TPSA) is 67.3 Å². The summed E-state index contributed by atoms with van der Waals surface area (Å²) >= 11 is 7.22. The van der Waals surface area contributed by atoms with Gasteiger partial charge in [-0.2, -0.15) is 0 Å². The van der Waals surface area contributed by atoms with Crippen LogP contribution in [0.25, 0.3) is 0 Å². The zero-order chi connectivity index (χ0) is 19.0. The Morgan fingerprint density at radius 2 is 1.74 bits per heavy atom. The predicted octanol–water partition coefficient (Wildman–Crippen LogP) is 3.95. The molecule has 2 aromatic carbocycles. The summed E-state index contributed by atoms with van der Waals surface area (Å²) in [5.41, 5.74) is 1.05. The molecule has 3 aromatic rings. The van der Waals surface area contributed by atoms with Crippen LogP contribution in [-0.4, -0.2) is 22.5 Å². The van der Waals surface area contributed by atoms with Gasteiger partial charge < -0.3 is 0 Å². The SMILES string of the molecule is O=C1C(=O)N(c2nccs2)C(c2ccc(Cl)cc2)C1C(=O)c1ccccc1. The zero-order valence-corrected chi connectivity index (χ0v) is 15.5. The highest BCUT2D eigenvalue weighted by molar-refractivity contribution is 7.14. The number of rotatable bonds is 4. The molecular formula is C20H13ClN2O3S. The van der Waals surface area contributed by atoms with E-state index in [2.05, 4.69) is 4.98 Å². The molecule has 0 N–H and O–H groups in total. The van der Waals surface area contributed by atoms with Crippen molar-refractivity contribution in [3.63, 3.8) is 0 Å². The van der Waals surface area contributed by atoms with E-state index in [1.54, 1.807) is 66.2 Å². The van der Waals surface area contributed by atoms with E-state index in [1.807, 2.05) is 0 Å². The first-order valence-electron chi connectivity index (χ1n) is 8.19. The number of carbonyl (C=O) groups excluding carboxylic acids is 3. The van der Waals surface area contributed by atoms with Crippen LogP contribution in [0.15, 0.2) is 66.2 Å². The third-order valence-corrected chi connectivity index (χ3v) is 5.51. The fourth-order valence-corrected chi connectivity index (χ4v) is 4.06. The van der Waals surface area contributed by atoms with E-state index in [9.17, 15) is 14.4 Å². The minimum atomic E-state index is -1.13. The minimum Gasteiger partial charge on any atom is -0.293 e. The van der Waals surface area contributed by atoms with Gasteiger partial charge in [-0.3, -0.25) is 19.3 Å². The molecule has 4 rings (SSSR count). The van der Waals surface area contributed by atoms with Gasteiger partial charge in [0.05, 0.1) is 6.04 Å². The first-order chi connectivity index (χ1) is 13.1. The molecule has 0 saturated carbocycles. The van der Waals surface area contributed by atoms with Gasteiger partial charge in [0.15, 0.2) is 10.9 Å². The van der Waals surface area contributed by atoms with Gasteiger partial charge in [-0.1, -0.05) is 54.1 Å². The van der Waals surface area contributed by atoms with E-state index >= 15 is 0 Å². The highest BCUT2D eigenvalue weighted by Gasteiger charge is 2.53. The van der Waals surface area contributed by atoms with E-state index in [1.165, 1.54) is 16.2 Å². The molecule has 1 aromatic heterocycles. The van der Waals surface area contributed by atoms with E-state index < -0.39 is 23.7 Å². The number of aromatic nitrogens is 1. The lowest BCUT2D eigenvalue weighted by atomic mass is 9.86. The summed E-state index contributed by atoms with van der Waals surface area (Å²) in [5.74, 6) is -2.96. The second-order valence-electron chi connectivity index (χ2n) is 6.06. The molecule has 0 aliphatic carbocycles. The second kappa shape index (κ2) is 7.06. The number of thiazole rings is 1. The molecule has 7 heteroatoms. The normalized spacial score (nSPS) is 19.5. The molecule has 1 aliphatic heterocycles. The second-order valence-corrected chi connectivity index (χ2v) is 7.37. The number of nitrogens with zero attached hydrogens (tertiary/aromatic N) is 2. The monoisotopic (exact) mass is 396 g/mol. The Labute approximate surface area is 164 Å². The van der Waals surface area contributed by atoms with Gasteiger partial charge in [0.25, 0.3) is 5.91 Å². The number of ketones is 2. The zero-order valence-electron chi connectivity index (χ0n) is 13.9. The average Bonchev–Trinajstić information content (AvgIpc) is 3.30. The van der Waals surface area contributed by atoms with Gasteiger partial charge in [-0.15, -0.1) is 11.3 Å². The Balaban J connectivity index is 1.85. The highest BCUT2D eigenvalue weighted by atomic mass is 35.5. The fourth-order valence-electron chi connectivity index (χ4n) is 3.26. The van der Waals surface area contributed by atoms with Crippen LogP contribution in [0.4, 0.5) is 5.13 Å². The Morgan fingerprint density at radius 1 is 1.04 bits per heavy atom. The van der Waals surface area contributed by atoms with Crippen molar-refractivity contribution in [1.29, 1.82) is 0 Å². The molecule has 27 heavy (non-hydrogen) atoms. The van der Waals surface area contributed by atoms with Crippen LogP contribution >= 0.6 is 22.9 Å². The maximum Gasteiger partial charge on any atom is 0.297 e. The molecular weight excluding hydrogens is 384 g/mol. The lowest BCUT2D eigenvalue weighted by Crippen LogP contribution is -2.30. The minimum absolute atomic E-state index is 0.382. The number of anilines is 1.